The lowest BCUT2D eigenvalue weighted by atomic mass is 10.2. The quantitative estimate of drug-likeness (QED) is 0.829. The Hall–Kier alpha value is -1.53. The lowest BCUT2D eigenvalue weighted by Gasteiger charge is -2.13. The van der Waals surface area contributed by atoms with Crippen LogP contribution in [0.2, 0.25) is 0 Å². The Kier molecular flexibility index (Phi) is 2.84. The monoisotopic (exact) mass is 254 g/mol. The molecule has 0 atom stereocenters. The van der Waals surface area contributed by atoms with Gasteiger partial charge < -0.3 is 4.74 Å². The van der Waals surface area contributed by atoms with Crippen LogP contribution in [-0.2, 0) is 10.2 Å². The van der Waals surface area contributed by atoms with E-state index in [9.17, 15) is 8.42 Å². The predicted molar refractivity (Wildman–Crippen MR) is 66.5 cm³/mol. The van der Waals surface area contributed by atoms with Gasteiger partial charge in [-0.05, 0) is 18.2 Å². The first-order valence-corrected chi connectivity index (χ1v) is 6.44. The molecule has 0 aliphatic carbocycles. The van der Waals surface area contributed by atoms with Crippen molar-refractivity contribution in [1.82, 2.24) is 8.28 Å². The van der Waals surface area contributed by atoms with Crippen LogP contribution >= 0.6 is 0 Å². The van der Waals surface area contributed by atoms with Gasteiger partial charge in [-0.3, -0.25) is 0 Å². The first-order chi connectivity index (χ1) is 7.96. The van der Waals surface area contributed by atoms with Gasteiger partial charge in [0.25, 0.3) is 0 Å². The number of ether oxygens (including phenoxy) is 1. The second-order valence-electron chi connectivity index (χ2n) is 3.83. The maximum absolute atomic E-state index is 12.1. The largest absolute Gasteiger partial charge is 0.497 e. The van der Waals surface area contributed by atoms with Crippen molar-refractivity contribution in [2.45, 2.75) is 0 Å². The molecule has 2 rings (SSSR count). The van der Waals surface area contributed by atoms with E-state index in [4.69, 9.17) is 4.74 Å². The van der Waals surface area contributed by atoms with Gasteiger partial charge in [-0.1, -0.05) is 0 Å². The fraction of sp³-hybridized carbons (Fsp3) is 0.273. The molecule has 0 N–H and O–H groups in total. The van der Waals surface area contributed by atoms with Gasteiger partial charge in [-0.25, -0.2) is 3.97 Å². The second kappa shape index (κ2) is 4.05. The zero-order chi connectivity index (χ0) is 12.6. The molecule has 0 saturated heterocycles. The van der Waals surface area contributed by atoms with E-state index in [1.54, 1.807) is 31.5 Å². The standard InChI is InChI=1S/C11H14N2O3S/c1-12(2)17(14,15)13-7-6-9-4-5-10(16-3)8-11(9)13/h4-8H,1-3H3. The summed E-state index contributed by atoms with van der Waals surface area (Å²) in [6, 6.07) is 7.09. The lowest BCUT2D eigenvalue weighted by molar-refractivity contribution is 0.415. The minimum atomic E-state index is -3.49. The molecule has 92 valence electrons. The Labute approximate surface area is 100 Å². The number of rotatable bonds is 3. The number of hydrogen-bond acceptors (Lipinski definition) is 3. The Balaban J connectivity index is 2.71. The van der Waals surface area contributed by atoms with Gasteiger partial charge in [-0.15, -0.1) is 0 Å². The van der Waals surface area contributed by atoms with Crippen molar-refractivity contribution < 1.29 is 13.2 Å². The summed E-state index contributed by atoms with van der Waals surface area (Å²) >= 11 is 0. The molecule has 0 fully saturated rings. The second-order valence-corrected chi connectivity index (χ2v) is 5.85. The van der Waals surface area contributed by atoms with E-state index in [0.717, 1.165) is 5.39 Å². The van der Waals surface area contributed by atoms with Crippen LogP contribution in [0, 0.1) is 0 Å². The summed E-state index contributed by atoms with van der Waals surface area (Å²) in [6.07, 6.45) is 1.54. The van der Waals surface area contributed by atoms with Crippen molar-refractivity contribution in [3.05, 3.63) is 30.5 Å². The molecule has 0 aliphatic rings. The molecule has 5 nitrogen and oxygen atoms in total. The van der Waals surface area contributed by atoms with Crippen molar-refractivity contribution >= 4 is 21.1 Å². The SMILES string of the molecule is COc1ccc2ccn(S(=O)(=O)N(C)C)c2c1. The first-order valence-electron chi connectivity index (χ1n) is 5.05. The van der Waals surface area contributed by atoms with Gasteiger partial charge in [0.15, 0.2) is 0 Å². The number of methoxy groups -OCH3 is 1. The van der Waals surface area contributed by atoms with Crippen LogP contribution in [0.4, 0.5) is 0 Å². The average Bonchev–Trinajstić information content (AvgIpc) is 2.71. The normalized spacial score (nSPS) is 12.2. The van der Waals surface area contributed by atoms with E-state index in [0.29, 0.717) is 11.3 Å². The third-order valence-corrected chi connectivity index (χ3v) is 4.31. The summed E-state index contributed by atoms with van der Waals surface area (Å²) in [4.78, 5) is 0. The van der Waals surface area contributed by atoms with E-state index in [2.05, 4.69) is 0 Å². The molecular formula is C11H14N2O3S. The van der Waals surface area contributed by atoms with Crippen LogP contribution in [0.3, 0.4) is 0 Å². The van der Waals surface area contributed by atoms with E-state index in [1.807, 2.05) is 6.07 Å². The molecule has 1 heterocycles. The Morgan fingerprint density at radius 2 is 1.94 bits per heavy atom. The van der Waals surface area contributed by atoms with Gasteiger partial charge in [-0.2, -0.15) is 12.7 Å². The molecule has 0 spiro atoms. The fourth-order valence-corrected chi connectivity index (χ4v) is 2.56. The third-order valence-electron chi connectivity index (χ3n) is 2.57. The predicted octanol–water partition coefficient (Wildman–Crippen LogP) is 1.30. The molecule has 0 aliphatic heterocycles. The van der Waals surface area contributed by atoms with E-state index < -0.39 is 10.2 Å². The topological polar surface area (TPSA) is 51.5 Å². The smallest absolute Gasteiger partial charge is 0.307 e. The molecule has 0 saturated carbocycles. The highest BCUT2D eigenvalue weighted by Crippen LogP contribution is 2.23. The zero-order valence-electron chi connectivity index (χ0n) is 9.91. The van der Waals surface area contributed by atoms with Gasteiger partial charge in [0.2, 0.25) is 0 Å². The summed E-state index contributed by atoms with van der Waals surface area (Å²) in [5.74, 6) is 0.631. The minimum Gasteiger partial charge on any atom is -0.497 e. The molecule has 0 bridgehead atoms. The van der Waals surface area contributed by atoms with E-state index in [-0.39, 0.29) is 0 Å². The number of nitrogens with zero attached hydrogens (tertiary/aromatic N) is 2. The molecule has 6 heteroatoms. The molecule has 0 radical (unpaired) electrons. The van der Waals surface area contributed by atoms with Gasteiger partial charge in [0.1, 0.15) is 5.75 Å². The summed E-state index contributed by atoms with van der Waals surface area (Å²) in [6.45, 7) is 0. The Bertz CT molecular complexity index is 644. The molecule has 17 heavy (non-hydrogen) atoms. The molecule has 2 aromatic rings. The zero-order valence-corrected chi connectivity index (χ0v) is 10.7. The fourth-order valence-electron chi connectivity index (χ4n) is 1.59. The Morgan fingerprint density at radius 3 is 2.53 bits per heavy atom. The van der Waals surface area contributed by atoms with Gasteiger partial charge in [0, 0.05) is 31.7 Å². The van der Waals surface area contributed by atoms with E-state index in [1.165, 1.54) is 22.4 Å². The van der Waals surface area contributed by atoms with Crippen molar-refractivity contribution in [2.75, 3.05) is 21.2 Å². The van der Waals surface area contributed by atoms with Crippen LogP contribution < -0.4 is 4.74 Å². The lowest BCUT2D eigenvalue weighted by Crippen LogP contribution is -2.28. The van der Waals surface area contributed by atoms with E-state index >= 15 is 0 Å². The highest BCUT2D eigenvalue weighted by atomic mass is 32.2. The maximum Gasteiger partial charge on any atom is 0.307 e. The van der Waals surface area contributed by atoms with Crippen LogP contribution in [0.15, 0.2) is 30.5 Å². The van der Waals surface area contributed by atoms with Crippen molar-refractivity contribution in [2.24, 2.45) is 0 Å². The highest BCUT2D eigenvalue weighted by molar-refractivity contribution is 7.87. The van der Waals surface area contributed by atoms with Gasteiger partial charge >= 0.3 is 10.2 Å². The molecule has 1 aromatic heterocycles. The summed E-state index contributed by atoms with van der Waals surface area (Å²) in [5, 5.41) is 0.858. The van der Waals surface area contributed by atoms with Crippen molar-refractivity contribution in [1.29, 1.82) is 0 Å². The highest BCUT2D eigenvalue weighted by Gasteiger charge is 2.18. The Morgan fingerprint density at radius 1 is 1.24 bits per heavy atom. The number of hydrogen-bond donors (Lipinski definition) is 0. The third kappa shape index (κ3) is 1.89. The van der Waals surface area contributed by atoms with Crippen LogP contribution in [0.25, 0.3) is 10.9 Å². The first kappa shape index (κ1) is 11.9. The average molecular weight is 254 g/mol. The molecule has 1 aromatic carbocycles. The minimum absolute atomic E-state index is 0.609. The van der Waals surface area contributed by atoms with Gasteiger partial charge in [0.05, 0.1) is 12.6 Å². The summed E-state index contributed by atoms with van der Waals surface area (Å²) < 4.78 is 31.6. The van der Waals surface area contributed by atoms with Crippen LogP contribution in [0.5, 0.6) is 5.75 Å². The molecule has 0 amide bonds. The maximum atomic E-state index is 12.1. The van der Waals surface area contributed by atoms with Crippen molar-refractivity contribution in [3.8, 4) is 5.75 Å². The number of benzene rings is 1. The molecular weight excluding hydrogens is 240 g/mol. The molecule has 0 unspecified atom stereocenters. The van der Waals surface area contributed by atoms with Crippen LogP contribution in [-0.4, -0.2) is 37.9 Å². The van der Waals surface area contributed by atoms with Crippen molar-refractivity contribution in [3.63, 3.8) is 0 Å². The van der Waals surface area contributed by atoms with Crippen LogP contribution in [0.1, 0.15) is 0 Å². The number of fused-ring (bicyclic) bond motifs is 1. The summed E-state index contributed by atoms with van der Waals surface area (Å²) in [5.41, 5.74) is 0.609. The number of aromatic nitrogens is 1. The summed E-state index contributed by atoms with van der Waals surface area (Å²) in [7, 11) is 1.06.